The Morgan fingerprint density at radius 3 is 2.50 bits per heavy atom. The molecule has 1 aliphatic rings. The van der Waals surface area contributed by atoms with Crippen LogP contribution in [0, 0.1) is 11.7 Å². The van der Waals surface area contributed by atoms with Crippen molar-refractivity contribution in [1.29, 1.82) is 0 Å². The highest BCUT2D eigenvalue weighted by Crippen LogP contribution is 2.30. The summed E-state index contributed by atoms with van der Waals surface area (Å²) in [7, 11) is 0. The fraction of sp³-hybridized carbons (Fsp3) is 0.600. The molecule has 1 N–H and O–H groups in total. The normalized spacial score (nSPS) is 17.9. The Labute approximate surface area is 135 Å². The van der Waals surface area contributed by atoms with Crippen molar-refractivity contribution in [2.45, 2.75) is 26.3 Å². The molecule has 0 saturated carbocycles. The van der Waals surface area contributed by atoms with Crippen LogP contribution >= 0.6 is 28.3 Å². The molecule has 1 aromatic carbocycles. The van der Waals surface area contributed by atoms with E-state index in [1.54, 1.807) is 6.07 Å². The van der Waals surface area contributed by atoms with Gasteiger partial charge >= 0.3 is 0 Å². The monoisotopic (exact) mass is 364 g/mol. The van der Waals surface area contributed by atoms with Crippen molar-refractivity contribution in [3.63, 3.8) is 0 Å². The molecule has 2 rings (SSSR count). The highest BCUT2D eigenvalue weighted by molar-refractivity contribution is 9.10. The third kappa shape index (κ3) is 4.69. The summed E-state index contributed by atoms with van der Waals surface area (Å²) < 4.78 is 14.0. The molecule has 1 atom stereocenters. The quantitative estimate of drug-likeness (QED) is 0.867. The molecule has 5 heteroatoms. The van der Waals surface area contributed by atoms with Gasteiger partial charge in [-0.3, -0.25) is 4.90 Å². The highest BCUT2D eigenvalue weighted by Gasteiger charge is 2.23. The van der Waals surface area contributed by atoms with Gasteiger partial charge in [0.15, 0.2) is 0 Å². The number of benzene rings is 1. The highest BCUT2D eigenvalue weighted by atomic mass is 79.9. The Balaban J connectivity index is 0.00000200. The lowest BCUT2D eigenvalue weighted by atomic mass is 9.95. The van der Waals surface area contributed by atoms with Gasteiger partial charge < -0.3 is 5.32 Å². The van der Waals surface area contributed by atoms with E-state index < -0.39 is 0 Å². The molecule has 0 unspecified atom stereocenters. The van der Waals surface area contributed by atoms with Gasteiger partial charge in [-0.15, -0.1) is 12.4 Å². The largest absolute Gasteiger partial charge is 0.314 e. The fourth-order valence-corrected chi connectivity index (χ4v) is 3.05. The lowest BCUT2D eigenvalue weighted by Gasteiger charge is -2.36. The molecule has 0 bridgehead atoms. The Hall–Kier alpha value is -0.160. The zero-order chi connectivity index (χ0) is 13.8. The minimum atomic E-state index is -0.188. The number of halogens is 3. The molecule has 114 valence electrons. The fourth-order valence-electron chi connectivity index (χ4n) is 2.66. The molecule has 1 aromatic rings. The SMILES string of the molecule is CC(C)C[C@@H](c1ccc(F)c(Br)c1)N1CCNCC1.Cl. The first-order valence-electron chi connectivity index (χ1n) is 6.97. The molecule has 0 radical (unpaired) electrons. The average Bonchev–Trinajstić information content (AvgIpc) is 2.40. The molecule has 2 nitrogen and oxygen atoms in total. The summed E-state index contributed by atoms with van der Waals surface area (Å²) in [6, 6.07) is 5.81. The molecule has 1 heterocycles. The van der Waals surface area contributed by atoms with Gasteiger partial charge in [0.2, 0.25) is 0 Å². The number of piperazine rings is 1. The number of hydrogen-bond acceptors (Lipinski definition) is 2. The minimum absolute atomic E-state index is 0. The summed E-state index contributed by atoms with van der Waals surface area (Å²) in [5.41, 5.74) is 1.21. The average molecular weight is 366 g/mol. The van der Waals surface area contributed by atoms with Gasteiger partial charge in [-0.1, -0.05) is 19.9 Å². The van der Waals surface area contributed by atoms with E-state index in [9.17, 15) is 4.39 Å². The van der Waals surface area contributed by atoms with E-state index >= 15 is 0 Å². The second kappa shape index (κ2) is 8.32. The Kier molecular flexibility index (Phi) is 7.45. The van der Waals surface area contributed by atoms with E-state index in [0.717, 1.165) is 32.6 Å². The number of nitrogens with zero attached hydrogens (tertiary/aromatic N) is 1. The molecule has 1 aliphatic heterocycles. The van der Waals surface area contributed by atoms with Crippen molar-refractivity contribution in [2.24, 2.45) is 5.92 Å². The van der Waals surface area contributed by atoms with E-state index in [4.69, 9.17) is 0 Å². The first kappa shape index (κ1) is 17.9. The minimum Gasteiger partial charge on any atom is -0.314 e. The van der Waals surface area contributed by atoms with Gasteiger partial charge in [0.05, 0.1) is 4.47 Å². The van der Waals surface area contributed by atoms with Crippen LogP contribution in [0.1, 0.15) is 31.9 Å². The van der Waals surface area contributed by atoms with Gasteiger partial charge in [0, 0.05) is 32.2 Å². The molecule has 0 spiro atoms. The number of nitrogens with one attached hydrogen (secondary N) is 1. The molecule has 1 saturated heterocycles. The molecular weight excluding hydrogens is 343 g/mol. The number of hydrogen-bond donors (Lipinski definition) is 1. The van der Waals surface area contributed by atoms with Gasteiger partial charge in [0.25, 0.3) is 0 Å². The first-order chi connectivity index (χ1) is 9.08. The Bertz CT molecular complexity index is 422. The van der Waals surface area contributed by atoms with Gasteiger partial charge in [0.1, 0.15) is 5.82 Å². The molecule has 0 amide bonds. The van der Waals surface area contributed by atoms with Crippen LogP contribution in [-0.4, -0.2) is 31.1 Å². The van der Waals surface area contributed by atoms with Crippen molar-refractivity contribution in [3.05, 3.63) is 34.1 Å². The van der Waals surface area contributed by atoms with Crippen molar-refractivity contribution in [2.75, 3.05) is 26.2 Å². The first-order valence-corrected chi connectivity index (χ1v) is 7.77. The summed E-state index contributed by atoms with van der Waals surface area (Å²) in [6.07, 6.45) is 1.11. The smallest absolute Gasteiger partial charge is 0.137 e. The predicted molar refractivity (Wildman–Crippen MR) is 88.0 cm³/mol. The third-order valence-electron chi connectivity index (χ3n) is 3.62. The molecular formula is C15H23BrClFN2. The standard InChI is InChI=1S/C15H22BrFN2.ClH/c1-11(2)9-15(19-7-5-18-6-8-19)12-3-4-14(17)13(16)10-12;/h3-4,10-11,15,18H,5-9H2,1-2H3;1H/t15-;/m0./s1. The maximum atomic E-state index is 13.4. The van der Waals surface area contributed by atoms with Crippen molar-refractivity contribution in [1.82, 2.24) is 10.2 Å². The molecule has 20 heavy (non-hydrogen) atoms. The van der Waals surface area contributed by atoms with Gasteiger partial charge in [-0.2, -0.15) is 0 Å². The lowest BCUT2D eigenvalue weighted by Crippen LogP contribution is -2.45. The Morgan fingerprint density at radius 2 is 1.95 bits per heavy atom. The van der Waals surface area contributed by atoms with E-state index in [2.05, 4.69) is 40.0 Å². The summed E-state index contributed by atoms with van der Waals surface area (Å²) in [6.45, 7) is 8.69. The summed E-state index contributed by atoms with van der Waals surface area (Å²) >= 11 is 3.30. The van der Waals surface area contributed by atoms with Crippen molar-refractivity contribution >= 4 is 28.3 Å². The number of rotatable bonds is 4. The third-order valence-corrected chi connectivity index (χ3v) is 4.22. The maximum Gasteiger partial charge on any atom is 0.137 e. The topological polar surface area (TPSA) is 15.3 Å². The van der Waals surface area contributed by atoms with Crippen LogP contribution in [0.5, 0.6) is 0 Å². The zero-order valence-electron chi connectivity index (χ0n) is 12.0. The van der Waals surface area contributed by atoms with Crippen LogP contribution in [0.25, 0.3) is 0 Å². The molecule has 0 aromatic heterocycles. The second-order valence-electron chi connectivity index (χ2n) is 5.60. The van der Waals surface area contributed by atoms with E-state index in [-0.39, 0.29) is 18.2 Å². The maximum absolute atomic E-state index is 13.4. The zero-order valence-corrected chi connectivity index (χ0v) is 14.4. The molecule has 1 fully saturated rings. The Morgan fingerprint density at radius 1 is 1.30 bits per heavy atom. The van der Waals surface area contributed by atoms with Crippen molar-refractivity contribution in [3.8, 4) is 0 Å². The summed E-state index contributed by atoms with van der Waals surface area (Å²) in [4.78, 5) is 2.51. The van der Waals surface area contributed by atoms with Crippen LogP contribution in [0.2, 0.25) is 0 Å². The van der Waals surface area contributed by atoms with Crippen LogP contribution in [-0.2, 0) is 0 Å². The summed E-state index contributed by atoms with van der Waals surface area (Å²) in [5, 5.41) is 3.38. The predicted octanol–water partition coefficient (Wildman–Crippen LogP) is 4.00. The van der Waals surface area contributed by atoms with Crippen LogP contribution in [0.15, 0.2) is 22.7 Å². The summed E-state index contributed by atoms with van der Waals surface area (Å²) in [5.74, 6) is 0.441. The van der Waals surface area contributed by atoms with Gasteiger partial charge in [-0.25, -0.2) is 4.39 Å². The van der Waals surface area contributed by atoms with Crippen LogP contribution in [0.3, 0.4) is 0 Å². The second-order valence-corrected chi connectivity index (χ2v) is 6.46. The van der Waals surface area contributed by atoms with E-state index in [1.165, 1.54) is 5.56 Å². The lowest BCUT2D eigenvalue weighted by molar-refractivity contribution is 0.154. The van der Waals surface area contributed by atoms with Gasteiger partial charge in [-0.05, 0) is 46.0 Å². The van der Waals surface area contributed by atoms with Crippen molar-refractivity contribution < 1.29 is 4.39 Å². The van der Waals surface area contributed by atoms with E-state index in [1.807, 2.05) is 12.1 Å². The van der Waals surface area contributed by atoms with Crippen LogP contribution < -0.4 is 5.32 Å². The van der Waals surface area contributed by atoms with Crippen LogP contribution in [0.4, 0.5) is 4.39 Å². The van der Waals surface area contributed by atoms with E-state index in [0.29, 0.717) is 16.4 Å². The molecule has 0 aliphatic carbocycles.